The van der Waals surface area contributed by atoms with Gasteiger partial charge >= 0.3 is 0 Å². The molecule has 0 unspecified atom stereocenters. The summed E-state index contributed by atoms with van der Waals surface area (Å²) in [5, 5.41) is 0. The second-order valence-corrected chi connectivity index (χ2v) is 3.98. The van der Waals surface area contributed by atoms with Crippen LogP contribution in [0.15, 0.2) is 0 Å². The average molecular weight is 158 g/mol. The molecule has 1 nitrogen and oxygen atoms in total. The Hall–Kier alpha value is -0.0400. The smallest absolute Gasteiger partial charge is 0.0471 e. The van der Waals surface area contributed by atoms with Gasteiger partial charge in [-0.15, -0.1) is 0 Å². The molecule has 1 saturated heterocycles. The van der Waals surface area contributed by atoms with Crippen LogP contribution in [0.2, 0.25) is 0 Å². The molecule has 1 heterocycles. The lowest BCUT2D eigenvalue weighted by Gasteiger charge is -2.28. The van der Waals surface area contributed by atoms with E-state index in [0.29, 0.717) is 5.41 Å². The number of hydrogen-bond acceptors (Lipinski definition) is 1. The zero-order chi connectivity index (χ0) is 8.74. The van der Waals surface area contributed by atoms with Crippen molar-refractivity contribution in [3.63, 3.8) is 0 Å². The van der Waals surface area contributed by atoms with Gasteiger partial charge in [0.1, 0.15) is 0 Å². The molecule has 1 aliphatic rings. The third kappa shape index (κ3) is 6.36. The monoisotopic (exact) mass is 158 g/mol. The van der Waals surface area contributed by atoms with Crippen molar-refractivity contribution in [3.05, 3.63) is 0 Å². The summed E-state index contributed by atoms with van der Waals surface area (Å²) in [6.45, 7) is 10.8. The van der Waals surface area contributed by atoms with Gasteiger partial charge in [0.15, 0.2) is 0 Å². The molecule has 0 aromatic rings. The largest absolute Gasteiger partial charge is 0.381 e. The second kappa shape index (κ2) is 5.59. The fraction of sp³-hybridized carbons (Fsp3) is 1.00. The molecule has 0 spiro atoms. The summed E-state index contributed by atoms with van der Waals surface area (Å²) in [5.74, 6) is 0. The Morgan fingerprint density at radius 2 is 1.45 bits per heavy atom. The van der Waals surface area contributed by atoms with E-state index in [-0.39, 0.29) is 0 Å². The van der Waals surface area contributed by atoms with Crippen LogP contribution in [-0.4, -0.2) is 13.2 Å². The van der Waals surface area contributed by atoms with Crippen LogP contribution in [0.1, 0.15) is 47.0 Å². The highest BCUT2D eigenvalue weighted by Gasteiger charge is 2.20. The molecule has 0 amide bonds. The minimum Gasteiger partial charge on any atom is -0.381 e. The predicted molar refractivity (Wildman–Crippen MR) is 49.8 cm³/mol. The summed E-state index contributed by atoms with van der Waals surface area (Å²) in [6, 6.07) is 0. The fourth-order valence-corrected chi connectivity index (χ4v) is 0.924. The topological polar surface area (TPSA) is 9.23 Å². The van der Waals surface area contributed by atoms with E-state index in [1.54, 1.807) is 0 Å². The van der Waals surface area contributed by atoms with E-state index >= 15 is 0 Å². The molecule has 0 aromatic carbocycles. The second-order valence-electron chi connectivity index (χ2n) is 3.98. The zero-order valence-corrected chi connectivity index (χ0v) is 8.44. The van der Waals surface area contributed by atoms with Gasteiger partial charge in [0.25, 0.3) is 0 Å². The predicted octanol–water partition coefficient (Wildman–Crippen LogP) is 3.24. The summed E-state index contributed by atoms with van der Waals surface area (Å²) in [5.41, 5.74) is 0.554. The Kier molecular flexibility index (Phi) is 5.57. The molecular formula is C10H22O. The molecule has 0 atom stereocenters. The molecule has 0 saturated carbocycles. The highest BCUT2D eigenvalue weighted by Crippen LogP contribution is 2.27. The summed E-state index contributed by atoms with van der Waals surface area (Å²) in [4.78, 5) is 0. The lowest BCUT2D eigenvalue weighted by molar-refractivity contribution is 0.0327. The molecule has 1 fully saturated rings. The van der Waals surface area contributed by atoms with Crippen molar-refractivity contribution >= 4 is 0 Å². The standard InChI is InChI=1S/C7H14O.C3H8/c1-7(2)3-5-8-6-4-7;1-3-2/h3-6H2,1-2H3;3H2,1-2H3. The third-order valence-electron chi connectivity index (χ3n) is 1.85. The van der Waals surface area contributed by atoms with Crippen molar-refractivity contribution in [3.8, 4) is 0 Å². The zero-order valence-electron chi connectivity index (χ0n) is 8.44. The van der Waals surface area contributed by atoms with Gasteiger partial charge in [-0.05, 0) is 18.3 Å². The van der Waals surface area contributed by atoms with Gasteiger partial charge in [-0.3, -0.25) is 0 Å². The normalized spacial score (nSPS) is 21.8. The Morgan fingerprint density at radius 3 is 1.64 bits per heavy atom. The van der Waals surface area contributed by atoms with Crippen molar-refractivity contribution in [1.29, 1.82) is 0 Å². The number of ether oxygens (including phenoxy) is 1. The van der Waals surface area contributed by atoms with E-state index in [4.69, 9.17) is 4.74 Å². The van der Waals surface area contributed by atoms with Crippen molar-refractivity contribution in [2.24, 2.45) is 5.41 Å². The Morgan fingerprint density at radius 1 is 1.09 bits per heavy atom. The Bertz CT molecular complexity index is 78.9. The van der Waals surface area contributed by atoms with E-state index in [0.717, 1.165) is 13.2 Å². The van der Waals surface area contributed by atoms with Gasteiger partial charge in [-0.1, -0.05) is 34.1 Å². The maximum absolute atomic E-state index is 5.21. The molecule has 1 aliphatic heterocycles. The first-order valence-electron chi connectivity index (χ1n) is 4.70. The third-order valence-corrected chi connectivity index (χ3v) is 1.85. The minimum atomic E-state index is 0.554. The van der Waals surface area contributed by atoms with Crippen LogP contribution in [0.25, 0.3) is 0 Å². The van der Waals surface area contributed by atoms with Crippen LogP contribution < -0.4 is 0 Å². The molecule has 0 aromatic heterocycles. The van der Waals surface area contributed by atoms with Crippen molar-refractivity contribution in [1.82, 2.24) is 0 Å². The SMILES string of the molecule is CC1(C)CCOCC1.CCC. The van der Waals surface area contributed by atoms with Crippen LogP contribution >= 0.6 is 0 Å². The maximum atomic E-state index is 5.21. The highest BCUT2D eigenvalue weighted by molar-refractivity contribution is 4.70. The van der Waals surface area contributed by atoms with Crippen molar-refractivity contribution in [2.75, 3.05) is 13.2 Å². The highest BCUT2D eigenvalue weighted by atomic mass is 16.5. The van der Waals surface area contributed by atoms with E-state index < -0.39 is 0 Å². The molecule has 0 N–H and O–H groups in total. The van der Waals surface area contributed by atoms with Crippen LogP contribution in [-0.2, 0) is 4.74 Å². The van der Waals surface area contributed by atoms with Crippen molar-refractivity contribution in [2.45, 2.75) is 47.0 Å². The van der Waals surface area contributed by atoms with Gasteiger partial charge in [0.05, 0.1) is 0 Å². The van der Waals surface area contributed by atoms with Gasteiger partial charge in [0, 0.05) is 13.2 Å². The molecule has 68 valence electrons. The Balaban J connectivity index is 0.000000292. The molecular weight excluding hydrogens is 136 g/mol. The number of rotatable bonds is 0. The van der Waals surface area contributed by atoms with E-state index in [2.05, 4.69) is 27.7 Å². The summed E-state index contributed by atoms with van der Waals surface area (Å²) < 4.78 is 5.21. The quantitative estimate of drug-likeness (QED) is 0.526. The van der Waals surface area contributed by atoms with Gasteiger partial charge in [0.2, 0.25) is 0 Å². The van der Waals surface area contributed by atoms with Crippen molar-refractivity contribution < 1.29 is 4.74 Å². The van der Waals surface area contributed by atoms with E-state index in [1.807, 2.05) is 0 Å². The van der Waals surface area contributed by atoms with Crippen LogP contribution in [0.4, 0.5) is 0 Å². The lowest BCUT2D eigenvalue weighted by Crippen LogP contribution is -2.22. The minimum absolute atomic E-state index is 0.554. The molecule has 0 bridgehead atoms. The first-order chi connectivity index (χ1) is 5.12. The number of hydrogen-bond donors (Lipinski definition) is 0. The first-order valence-corrected chi connectivity index (χ1v) is 4.70. The first kappa shape index (κ1) is 11.0. The summed E-state index contributed by atoms with van der Waals surface area (Å²) in [7, 11) is 0. The van der Waals surface area contributed by atoms with Gasteiger partial charge < -0.3 is 4.74 Å². The molecule has 0 aliphatic carbocycles. The molecule has 0 radical (unpaired) electrons. The van der Waals surface area contributed by atoms with Gasteiger partial charge in [-0.25, -0.2) is 0 Å². The molecule has 1 rings (SSSR count). The summed E-state index contributed by atoms with van der Waals surface area (Å²) >= 11 is 0. The van der Waals surface area contributed by atoms with Crippen LogP contribution in [0.5, 0.6) is 0 Å². The van der Waals surface area contributed by atoms with E-state index in [1.165, 1.54) is 19.3 Å². The molecule has 11 heavy (non-hydrogen) atoms. The van der Waals surface area contributed by atoms with Crippen LogP contribution in [0, 0.1) is 5.41 Å². The lowest BCUT2D eigenvalue weighted by atomic mass is 9.85. The molecule has 1 heteroatoms. The van der Waals surface area contributed by atoms with Gasteiger partial charge in [-0.2, -0.15) is 0 Å². The Labute approximate surface area is 71.1 Å². The van der Waals surface area contributed by atoms with Crippen LogP contribution in [0.3, 0.4) is 0 Å². The summed E-state index contributed by atoms with van der Waals surface area (Å²) in [6.07, 6.45) is 3.71. The maximum Gasteiger partial charge on any atom is 0.0471 e. The average Bonchev–Trinajstić information content (AvgIpc) is 1.88. The fourth-order valence-electron chi connectivity index (χ4n) is 0.924. The van der Waals surface area contributed by atoms with E-state index in [9.17, 15) is 0 Å².